The van der Waals surface area contributed by atoms with E-state index in [-0.39, 0.29) is 39.9 Å². The van der Waals surface area contributed by atoms with Crippen molar-refractivity contribution in [2.24, 2.45) is 0 Å². The maximum atomic E-state index is 14.3. The molecule has 0 amide bonds. The van der Waals surface area contributed by atoms with Gasteiger partial charge in [-0.1, -0.05) is 17.7 Å². The van der Waals surface area contributed by atoms with Gasteiger partial charge in [-0.3, -0.25) is 4.72 Å². The Morgan fingerprint density at radius 1 is 1.07 bits per heavy atom. The van der Waals surface area contributed by atoms with E-state index in [0.717, 1.165) is 24.3 Å². The Balaban J connectivity index is 2.41. The first-order chi connectivity index (χ1) is 12.9. The predicted octanol–water partition coefficient (Wildman–Crippen LogP) is 5.60. The zero-order chi connectivity index (χ0) is 21.1. The number of benzene rings is 2. The number of rotatable bonds is 7. The molecule has 0 unspecified atom stereocenters. The van der Waals surface area contributed by atoms with Crippen LogP contribution in [-0.4, -0.2) is 20.1 Å². The quantitative estimate of drug-likeness (QED) is 0.430. The highest BCUT2D eigenvalue weighted by atomic mass is 35.5. The summed E-state index contributed by atoms with van der Waals surface area (Å²) in [5, 5.41) is -0.311. The molecule has 0 fully saturated rings. The molecular formula is C17H14Cl2F5NO2S. The molecule has 0 heterocycles. The molecule has 0 saturated carbocycles. The summed E-state index contributed by atoms with van der Waals surface area (Å²) in [6.07, 6.45) is -4.90. The molecule has 0 bridgehead atoms. The highest BCUT2D eigenvalue weighted by Crippen LogP contribution is 2.34. The first-order valence-electron chi connectivity index (χ1n) is 7.83. The van der Waals surface area contributed by atoms with Gasteiger partial charge in [0.1, 0.15) is 0 Å². The van der Waals surface area contributed by atoms with Gasteiger partial charge in [-0.05, 0) is 36.2 Å². The molecule has 0 saturated heterocycles. The number of hydrogen-bond donors (Lipinski definition) is 1. The van der Waals surface area contributed by atoms with E-state index in [0.29, 0.717) is 6.07 Å². The number of sulfonamides is 1. The van der Waals surface area contributed by atoms with Crippen molar-refractivity contribution < 1.29 is 30.4 Å². The average molecular weight is 462 g/mol. The van der Waals surface area contributed by atoms with E-state index in [2.05, 4.69) is 4.72 Å². The summed E-state index contributed by atoms with van der Waals surface area (Å²) in [4.78, 5) is 0. The minimum absolute atomic E-state index is 0.0698. The fourth-order valence-electron chi connectivity index (χ4n) is 2.38. The van der Waals surface area contributed by atoms with Crippen LogP contribution in [-0.2, 0) is 22.6 Å². The minimum Gasteiger partial charge on any atom is -0.283 e. The molecule has 2 aromatic rings. The van der Waals surface area contributed by atoms with Gasteiger partial charge in [0.05, 0.1) is 17.0 Å². The first kappa shape index (κ1) is 22.7. The topological polar surface area (TPSA) is 46.2 Å². The molecule has 0 radical (unpaired) electrons. The van der Waals surface area contributed by atoms with Crippen LogP contribution in [0, 0.1) is 11.6 Å². The highest BCUT2D eigenvalue weighted by molar-refractivity contribution is 7.92. The second-order valence-electron chi connectivity index (χ2n) is 5.83. The van der Waals surface area contributed by atoms with Gasteiger partial charge in [0, 0.05) is 22.9 Å². The van der Waals surface area contributed by atoms with Gasteiger partial charge in [-0.2, -0.15) is 13.2 Å². The van der Waals surface area contributed by atoms with Gasteiger partial charge in [0.25, 0.3) is 0 Å². The Morgan fingerprint density at radius 2 is 1.75 bits per heavy atom. The van der Waals surface area contributed by atoms with Crippen LogP contribution in [0.25, 0.3) is 0 Å². The van der Waals surface area contributed by atoms with E-state index in [1.165, 1.54) is 0 Å². The fourth-order valence-corrected chi connectivity index (χ4v) is 4.07. The standard InChI is InChI=1S/C17H14Cl2F5NO2S/c18-6-1-7-28(26,27)25-15-5-4-14(20)16(21)12(15)8-10-2-3-11(9-13(10)19)17(22,23)24/h2-5,9,25H,1,6-8H2. The molecule has 28 heavy (non-hydrogen) atoms. The molecule has 11 heteroatoms. The molecule has 0 aromatic heterocycles. The lowest BCUT2D eigenvalue weighted by atomic mass is 10.0. The number of alkyl halides is 4. The average Bonchev–Trinajstić information content (AvgIpc) is 2.60. The molecule has 3 nitrogen and oxygen atoms in total. The molecular weight excluding hydrogens is 448 g/mol. The monoisotopic (exact) mass is 461 g/mol. The lowest BCUT2D eigenvalue weighted by Gasteiger charge is -2.15. The van der Waals surface area contributed by atoms with Crippen LogP contribution in [0.5, 0.6) is 0 Å². The third kappa shape index (κ3) is 5.71. The van der Waals surface area contributed by atoms with Crippen LogP contribution in [0.15, 0.2) is 30.3 Å². The van der Waals surface area contributed by atoms with Gasteiger partial charge >= 0.3 is 6.18 Å². The molecule has 1 N–H and O–H groups in total. The summed E-state index contributed by atoms with van der Waals surface area (Å²) in [5.74, 6) is -2.81. The summed E-state index contributed by atoms with van der Waals surface area (Å²) in [6.45, 7) is 0. The number of nitrogens with one attached hydrogen (secondary N) is 1. The number of anilines is 1. The largest absolute Gasteiger partial charge is 0.416 e. The summed E-state index contributed by atoms with van der Waals surface area (Å²) < 4.78 is 92.4. The molecule has 0 atom stereocenters. The van der Waals surface area contributed by atoms with E-state index in [1.807, 2.05) is 0 Å². The van der Waals surface area contributed by atoms with Crippen molar-refractivity contribution in [3.05, 3.63) is 63.7 Å². The summed E-state index contributed by atoms with van der Waals surface area (Å²) in [5.41, 5.74) is -1.54. The molecule has 0 aliphatic heterocycles. The van der Waals surface area contributed by atoms with Crippen LogP contribution in [0.1, 0.15) is 23.1 Å². The number of hydrogen-bond acceptors (Lipinski definition) is 2. The SMILES string of the molecule is O=S(=O)(CCCCl)Nc1ccc(F)c(F)c1Cc1ccc(C(F)(F)F)cc1Cl. The van der Waals surface area contributed by atoms with Crippen LogP contribution in [0.4, 0.5) is 27.6 Å². The fraction of sp³-hybridized carbons (Fsp3) is 0.294. The Morgan fingerprint density at radius 3 is 2.32 bits per heavy atom. The smallest absolute Gasteiger partial charge is 0.283 e. The molecule has 0 aliphatic carbocycles. The van der Waals surface area contributed by atoms with Gasteiger partial charge in [0.15, 0.2) is 11.6 Å². The van der Waals surface area contributed by atoms with Crippen LogP contribution in [0.2, 0.25) is 5.02 Å². The Hall–Kier alpha value is -1.58. The maximum Gasteiger partial charge on any atom is 0.416 e. The van der Waals surface area contributed by atoms with Crippen LogP contribution in [0.3, 0.4) is 0 Å². The lowest BCUT2D eigenvalue weighted by Crippen LogP contribution is -2.19. The molecule has 0 spiro atoms. The Kier molecular flexibility index (Phi) is 7.17. The molecule has 2 aromatic carbocycles. The second kappa shape index (κ2) is 8.84. The van der Waals surface area contributed by atoms with E-state index < -0.39 is 39.8 Å². The predicted molar refractivity (Wildman–Crippen MR) is 98.4 cm³/mol. The molecule has 154 valence electrons. The first-order valence-corrected chi connectivity index (χ1v) is 10.4. The third-order valence-corrected chi connectivity index (χ3v) is 5.73. The van der Waals surface area contributed by atoms with E-state index in [9.17, 15) is 30.4 Å². The van der Waals surface area contributed by atoms with Crippen LogP contribution >= 0.6 is 23.2 Å². The second-order valence-corrected chi connectivity index (χ2v) is 8.46. The van der Waals surface area contributed by atoms with Crippen LogP contribution < -0.4 is 4.72 Å². The van der Waals surface area contributed by atoms with Crippen molar-refractivity contribution in [2.45, 2.75) is 19.0 Å². The van der Waals surface area contributed by atoms with Crippen molar-refractivity contribution in [2.75, 3.05) is 16.4 Å². The van der Waals surface area contributed by atoms with Crippen molar-refractivity contribution in [3.8, 4) is 0 Å². The third-order valence-electron chi connectivity index (χ3n) is 3.76. The van der Waals surface area contributed by atoms with Gasteiger partial charge in [-0.15, -0.1) is 11.6 Å². The van der Waals surface area contributed by atoms with Gasteiger partial charge < -0.3 is 0 Å². The maximum absolute atomic E-state index is 14.3. The molecule has 0 aliphatic rings. The molecule has 2 rings (SSSR count). The zero-order valence-electron chi connectivity index (χ0n) is 14.1. The Bertz CT molecular complexity index is 965. The summed E-state index contributed by atoms with van der Waals surface area (Å²) in [7, 11) is -3.88. The van der Waals surface area contributed by atoms with Crippen molar-refractivity contribution in [1.82, 2.24) is 0 Å². The van der Waals surface area contributed by atoms with Crippen molar-refractivity contribution >= 4 is 38.9 Å². The van der Waals surface area contributed by atoms with E-state index in [4.69, 9.17) is 23.2 Å². The van der Waals surface area contributed by atoms with Gasteiger partial charge in [0.2, 0.25) is 10.0 Å². The minimum atomic E-state index is -4.62. The Labute approximate surface area is 168 Å². The lowest BCUT2D eigenvalue weighted by molar-refractivity contribution is -0.137. The van der Waals surface area contributed by atoms with Crippen molar-refractivity contribution in [3.63, 3.8) is 0 Å². The zero-order valence-corrected chi connectivity index (χ0v) is 16.4. The summed E-state index contributed by atoms with van der Waals surface area (Å²) in [6, 6.07) is 4.22. The number of halogens is 7. The normalized spacial score (nSPS) is 12.2. The van der Waals surface area contributed by atoms with Gasteiger partial charge in [-0.25, -0.2) is 17.2 Å². The van der Waals surface area contributed by atoms with E-state index in [1.54, 1.807) is 0 Å². The highest BCUT2D eigenvalue weighted by Gasteiger charge is 2.31. The summed E-state index contributed by atoms with van der Waals surface area (Å²) >= 11 is 11.3. The van der Waals surface area contributed by atoms with Crippen molar-refractivity contribution in [1.29, 1.82) is 0 Å². The van der Waals surface area contributed by atoms with E-state index >= 15 is 0 Å².